The van der Waals surface area contributed by atoms with E-state index in [4.69, 9.17) is 16.7 Å². The van der Waals surface area contributed by atoms with Gasteiger partial charge in [0.05, 0.1) is 5.02 Å². The van der Waals surface area contributed by atoms with Crippen molar-refractivity contribution in [2.45, 2.75) is 38.3 Å². The number of hydrogen-bond donors (Lipinski definition) is 1. The second-order valence-electron chi connectivity index (χ2n) is 4.85. The fourth-order valence-electron chi connectivity index (χ4n) is 2.65. The Morgan fingerprint density at radius 2 is 2.28 bits per heavy atom. The molecule has 0 aromatic heterocycles. The van der Waals surface area contributed by atoms with E-state index >= 15 is 0 Å². The second-order valence-corrected chi connectivity index (χ2v) is 5.25. The molecule has 1 aliphatic rings. The Labute approximate surface area is 112 Å². The average Bonchev–Trinajstić information content (AvgIpc) is 2.80. The van der Waals surface area contributed by atoms with Crippen LogP contribution in [0.4, 0.5) is 4.39 Å². The standard InChI is InChI=1S/C14H19ClFNO/c15-13-7-1-4-11(14(13)16)10-17-8-2-5-12(17)6-3-9-18/h1,4,7,12,18H,2-3,5-6,8-10H2. The van der Waals surface area contributed by atoms with Crippen molar-refractivity contribution in [3.8, 4) is 0 Å². The van der Waals surface area contributed by atoms with E-state index < -0.39 is 0 Å². The predicted molar refractivity (Wildman–Crippen MR) is 71.2 cm³/mol. The van der Waals surface area contributed by atoms with Gasteiger partial charge in [-0.1, -0.05) is 23.7 Å². The van der Waals surface area contributed by atoms with Crippen LogP contribution in [0.15, 0.2) is 18.2 Å². The number of rotatable bonds is 5. The highest BCUT2D eigenvalue weighted by molar-refractivity contribution is 6.30. The maximum absolute atomic E-state index is 13.8. The summed E-state index contributed by atoms with van der Waals surface area (Å²) in [6.07, 6.45) is 4.10. The molecule has 1 unspecified atom stereocenters. The van der Waals surface area contributed by atoms with Crippen molar-refractivity contribution in [3.63, 3.8) is 0 Å². The van der Waals surface area contributed by atoms with Crippen molar-refractivity contribution < 1.29 is 9.50 Å². The molecular weight excluding hydrogens is 253 g/mol. The highest BCUT2D eigenvalue weighted by Gasteiger charge is 2.24. The highest BCUT2D eigenvalue weighted by atomic mass is 35.5. The Hall–Kier alpha value is -0.640. The molecule has 1 heterocycles. The summed E-state index contributed by atoms with van der Waals surface area (Å²) in [4.78, 5) is 2.30. The van der Waals surface area contributed by atoms with Crippen LogP contribution in [0.1, 0.15) is 31.2 Å². The van der Waals surface area contributed by atoms with Crippen LogP contribution < -0.4 is 0 Å². The van der Waals surface area contributed by atoms with E-state index in [0.29, 0.717) is 18.2 Å². The maximum Gasteiger partial charge on any atom is 0.146 e. The zero-order chi connectivity index (χ0) is 13.0. The van der Waals surface area contributed by atoms with E-state index in [1.165, 1.54) is 0 Å². The molecule has 0 aliphatic carbocycles. The van der Waals surface area contributed by atoms with E-state index in [0.717, 1.165) is 32.2 Å². The molecule has 2 nitrogen and oxygen atoms in total. The molecule has 1 aliphatic heterocycles. The van der Waals surface area contributed by atoms with Gasteiger partial charge in [0.25, 0.3) is 0 Å². The third-order valence-electron chi connectivity index (χ3n) is 3.60. The zero-order valence-electron chi connectivity index (χ0n) is 10.4. The van der Waals surface area contributed by atoms with E-state index in [2.05, 4.69) is 4.90 Å². The lowest BCUT2D eigenvalue weighted by molar-refractivity contribution is 0.208. The number of aliphatic hydroxyl groups excluding tert-OH is 1. The zero-order valence-corrected chi connectivity index (χ0v) is 11.2. The van der Waals surface area contributed by atoms with Gasteiger partial charge in [-0.15, -0.1) is 0 Å². The topological polar surface area (TPSA) is 23.5 Å². The quantitative estimate of drug-likeness (QED) is 0.889. The Kier molecular flexibility index (Phi) is 4.98. The number of nitrogens with zero attached hydrogens (tertiary/aromatic N) is 1. The van der Waals surface area contributed by atoms with Crippen molar-refractivity contribution in [1.29, 1.82) is 0 Å². The van der Waals surface area contributed by atoms with Crippen molar-refractivity contribution >= 4 is 11.6 Å². The molecule has 1 saturated heterocycles. The van der Waals surface area contributed by atoms with Gasteiger partial charge in [0.15, 0.2) is 0 Å². The van der Waals surface area contributed by atoms with Gasteiger partial charge in [0.1, 0.15) is 5.82 Å². The van der Waals surface area contributed by atoms with Gasteiger partial charge in [-0.25, -0.2) is 4.39 Å². The van der Waals surface area contributed by atoms with Crippen LogP contribution in [-0.2, 0) is 6.54 Å². The van der Waals surface area contributed by atoms with Crippen LogP contribution in [0.3, 0.4) is 0 Å². The Bertz CT molecular complexity index is 399. The van der Waals surface area contributed by atoms with Crippen LogP contribution in [-0.4, -0.2) is 29.2 Å². The summed E-state index contributed by atoms with van der Waals surface area (Å²) in [7, 11) is 0. The van der Waals surface area contributed by atoms with Gasteiger partial charge < -0.3 is 5.11 Å². The molecule has 1 atom stereocenters. The van der Waals surface area contributed by atoms with Crippen molar-refractivity contribution in [1.82, 2.24) is 4.90 Å². The number of likely N-dealkylation sites (tertiary alicyclic amines) is 1. The minimum atomic E-state index is -0.299. The highest BCUT2D eigenvalue weighted by Crippen LogP contribution is 2.26. The van der Waals surface area contributed by atoms with Crippen LogP contribution in [0.2, 0.25) is 5.02 Å². The van der Waals surface area contributed by atoms with E-state index in [9.17, 15) is 4.39 Å². The fourth-order valence-corrected chi connectivity index (χ4v) is 2.84. The maximum atomic E-state index is 13.8. The summed E-state index contributed by atoms with van der Waals surface area (Å²) in [5.41, 5.74) is 0.665. The lowest BCUT2D eigenvalue weighted by Crippen LogP contribution is -2.29. The van der Waals surface area contributed by atoms with Crippen LogP contribution in [0.5, 0.6) is 0 Å². The van der Waals surface area contributed by atoms with E-state index in [-0.39, 0.29) is 17.4 Å². The van der Waals surface area contributed by atoms with Crippen molar-refractivity contribution in [2.24, 2.45) is 0 Å². The van der Waals surface area contributed by atoms with Gasteiger partial charge in [0.2, 0.25) is 0 Å². The lowest BCUT2D eigenvalue weighted by Gasteiger charge is -2.24. The predicted octanol–water partition coefficient (Wildman–Crippen LogP) is 3.22. The molecular formula is C14H19ClFNO. The van der Waals surface area contributed by atoms with E-state index in [1.807, 2.05) is 0 Å². The average molecular weight is 272 g/mol. The molecule has 0 radical (unpaired) electrons. The third-order valence-corrected chi connectivity index (χ3v) is 3.89. The summed E-state index contributed by atoms with van der Waals surface area (Å²) in [5.74, 6) is -0.299. The Morgan fingerprint density at radius 1 is 1.44 bits per heavy atom. The summed E-state index contributed by atoms with van der Waals surface area (Å²) in [6.45, 7) is 1.85. The molecule has 0 amide bonds. The third kappa shape index (κ3) is 3.22. The molecule has 18 heavy (non-hydrogen) atoms. The Balaban J connectivity index is 2.01. The molecule has 1 aromatic rings. The molecule has 0 bridgehead atoms. The van der Waals surface area contributed by atoms with Crippen LogP contribution >= 0.6 is 11.6 Å². The van der Waals surface area contributed by atoms with Gasteiger partial charge in [-0.05, 0) is 38.3 Å². The van der Waals surface area contributed by atoms with Crippen molar-refractivity contribution in [2.75, 3.05) is 13.2 Å². The van der Waals surface area contributed by atoms with E-state index in [1.54, 1.807) is 18.2 Å². The van der Waals surface area contributed by atoms with Gasteiger partial charge in [-0.3, -0.25) is 4.90 Å². The minimum absolute atomic E-state index is 0.193. The minimum Gasteiger partial charge on any atom is -0.396 e. The summed E-state index contributed by atoms with van der Waals surface area (Å²) in [6, 6.07) is 5.63. The van der Waals surface area contributed by atoms with Gasteiger partial charge >= 0.3 is 0 Å². The first kappa shape index (κ1) is 13.8. The van der Waals surface area contributed by atoms with Crippen molar-refractivity contribution in [3.05, 3.63) is 34.6 Å². The molecule has 2 rings (SSSR count). The number of hydrogen-bond acceptors (Lipinski definition) is 2. The first-order valence-electron chi connectivity index (χ1n) is 6.50. The Morgan fingerprint density at radius 3 is 3.06 bits per heavy atom. The summed E-state index contributed by atoms with van der Waals surface area (Å²) >= 11 is 5.79. The largest absolute Gasteiger partial charge is 0.396 e. The SMILES string of the molecule is OCCCC1CCCN1Cc1cccc(Cl)c1F. The van der Waals surface area contributed by atoms with Crippen LogP contribution in [0, 0.1) is 5.82 Å². The molecule has 4 heteroatoms. The molecule has 0 saturated carbocycles. The molecule has 100 valence electrons. The normalized spacial score (nSPS) is 20.5. The molecule has 1 fully saturated rings. The van der Waals surface area contributed by atoms with Crippen LogP contribution in [0.25, 0.3) is 0 Å². The fraction of sp³-hybridized carbons (Fsp3) is 0.571. The summed E-state index contributed by atoms with van der Waals surface area (Å²) < 4.78 is 13.8. The molecule has 1 N–H and O–H groups in total. The molecule has 1 aromatic carbocycles. The monoisotopic (exact) mass is 271 g/mol. The molecule has 0 spiro atoms. The number of halogens is 2. The lowest BCUT2D eigenvalue weighted by atomic mass is 10.1. The van der Waals surface area contributed by atoms with Gasteiger partial charge in [0, 0.05) is 24.8 Å². The first-order valence-corrected chi connectivity index (χ1v) is 6.88. The summed E-state index contributed by atoms with van der Waals surface area (Å²) in [5, 5.41) is 9.08. The van der Waals surface area contributed by atoms with Gasteiger partial charge in [-0.2, -0.15) is 0 Å². The smallest absolute Gasteiger partial charge is 0.146 e. The second kappa shape index (κ2) is 6.50. The number of aliphatic hydroxyl groups is 1. The first-order chi connectivity index (χ1) is 8.72. The number of benzene rings is 1.